The topological polar surface area (TPSA) is 182 Å². The van der Waals surface area contributed by atoms with Crippen LogP contribution in [0.3, 0.4) is 0 Å². The largest absolute Gasteiger partial charge is 0.496 e. The molecule has 0 bridgehead atoms. The van der Waals surface area contributed by atoms with Crippen LogP contribution >= 0.6 is 0 Å². The van der Waals surface area contributed by atoms with E-state index in [1.807, 2.05) is 0 Å². The summed E-state index contributed by atoms with van der Waals surface area (Å²) in [4.78, 5) is 52.6. The molecule has 0 spiro atoms. The summed E-state index contributed by atoms with van der Waals surface area (Å²) in [5.41, 5.74) is 0.766. The first-order valence-electron chi connectivity index (χ1n) is 17.0. The van der Waals surface area contributed by atoms with E-state index in [4.69, 9.17) is 52.1 Å². The minimum Gasteiger partial charge on any atom is -0.496 e. The average molecular weight is 798 g/mol. The first-order valence-corrected chi connectivity index (χ1v) is 17.0. The van der Waals surface area contributed by atoms with Crippen molar-refractivity contribution >= 4 is 29.5 Å². The SMILES string of the molecule is COc1cc(OC)c(C(=O)Oc2ccc(C(=O)Nc3ccc(OC(=O)c4ccc(OC(=O)c5cc(OC)c(OC)cc5OC)c(OC)c4)cc3)cc2OC)c(OC)c1. The van der Waals surface area contributed by atoms with Gasteiger partial charge in [-0.05, 0) is 60.7 Å². The number of esters is 3. The van der Waals surface area contributed by atoms with Crippen LogP contribution in [-0.2, 0) is 0 Å². The van der Waals surface area contributed by atoms with E-state index in [1.165, 1.54) is 142 Å². The third-order valence-corrected chi connectivity index (χ3v) is 8.40. The Bertz CT molecular complexity index is 2300. The molecular weight excluding hydrogens is 758 g/mol. The van der Waals surface area contributed by atoms with Crippen LogP contribution in [0.4, 0.5) is 5.69 Å². The normalized spacial score (nSPS) is 10.3. The summed E-state index contributed by atoms with van der Waals surface area (Å²) in [7, 11) is 11.2. The molecule has 0 saturated heterocycles. The predicted octanol–water partition coefficient (Wildman–Crippen LogP) is 6.67. The third kappa shape index (κ3) is 9.25. The quantitative estimate of drug-likeness (QED) is 0.0825. The van der Waals surface area contributed by atoms with Gasteiger partial charge in [0, 0.05) is 35.5 Å². The molecule has 0 aliphatic heterocycles. The fraction of sp³-hybridized carbons (Fsp3) is 0.190. The van der Waals surface area contributed by atoms with Crippen molar-refractivity contribution in [3.05, 3.63) is 107 Å². The summed E-state index contributed by atoms with van der Waals surface area (Å²) in [6, 6.07) is 20.4. The molecular formula is C42H39NO15. The van der Waals surface area contributed by atoms with Crippen LogP contribution in [0.5, 0.6) is 63.2 Å². The summed E-state index contributed by atoms with van der Waals surface area (Å²) in [6.45, 7) is 0. The van der Waals surface area contributed by atoms with E-state index in [1.54, 1.807) is 0 Å². The Kier molecular flexibility index (Phi) is 13.5. The van der Waals surface area contributed by atoms with E-state index in [0.717, 1.165) is 0 Å². The maximum Gasteiger partial charge on any atom is 0.351 e. The second-order valence-electron chi connectivity index (χ2n) is 11.7. The standard InChI is InChI=1S/C42H39NO15/c1-48-27-19-36(54-7)38(37(20-27)55-8)42(47)58-30-15-9-23(17-32(30)50-3)39(44)43-25-11-13-26(14-12-25)56-40(45)24-10-16-29(33(18-24)51-4)57-41(46)28-21-34(52-5)35(53-6)22-31(28)49-2/h9-22H,1-8H3,(H,43,44). The minimum absolute atomic E-state index is 0.0222. The molecule has 16 nitrogen and oxygen atoms in total. The Labute approximate surface area is 332 Å². The lowest BCUT2D eigenvalue weighted by atomic mass is 10.1. The maximum atomic E-state index is 13.2. The van der Waals surface area contributed by atoms with E-state index >= 15 is 0 Å². The van der Waals surface area contributed by atoms with Crippen LogP contribution in [0.2, 0.25) is 0 Å². The molecule has 0 fully saturated rings. The van der Waals surface area contributed by atoms with E-state index in [9.17, 15) is 19.2 Å². The van der Waals surface area contributed by atoms with Crippen molar-refractivity contribution in [1.29, 1.82) is 0 Å². The van der Waals surface area contributed by atoms with Crippen LogP contribution in [0.25, 0.3) is 0 Å². The molecule has 1 amide bonds. The highest BCUT2D eigenvalue weighted by atomic mass is 16.6. The van der Waals surface area contributed by atoms with Crippen LogP contribution in [0.15, 0.2) is 84.9 Å². The van der Waals surface area contributed by atoms with Gasteiger partial charge in [-0.3, -0.25) is 4.79 Å². The van der Waals surface area contributed by atoms with E-state index in [-0.39, 0.29) is 68.2 Å². The lowest BCUT2D eigenvalue weighted by Gasteiger charge is -2.15. The Hall–Kier alpha value is -7.62. The molecule has 0 radical (unpaired) electrons. The second kappa shape index (κ2) is 18.8. The van der Waals surface area contributed by atoms with Gasteiger partial charge in [0.25, 0.3) is 5.91 Å². The van der Waals surface area contributed by atoms with Gasteiger partial charge >= 0.3 is 17.9 Å². The second-order valence-corrected chi connectivity index (χ2v) is 11.7. The number of hydrogen-bond acceptors (Lipinski definition) is 15. The highest BCUT2D eigenvalue weighted by molar-refractivity contribution is 6.05. The molecule has 0 saturated carbocycles. The summed E-state index contributed by atoms with van der Waals surface area (Å²) < 4.78 is 59.3. The Morgan fingerprint density at radius 3 is 1.40 bits per heavy atom. The lowest BCUT2D eigenvalue weighted by Crippen LogP contribution is -2.14. The molecule has 0 unspecified atom stereocenters. The number of benzene rings is 5. The molecule has 302 valence electrons. The molecule has 5 aromatic carbocycles. The van der Waals surface area contributed by atoms with Crippen molar-refractivity contribution in [2.45, 2.75) is 0 Å². The van der Waals surface area contributed by atoms with Gasteiger partial charge in [-0.1, -0.05) is 0 Å². The van der Waals surface area contributed by atoms with Gasteiger partial charge in [0.2, 0.25) is 0 Å². The summed E-state index contributed by atoms with van der Waals surface area (Å²) in [5, 5.41) is 2.75. The fourth-order valence-electron chi connectivity index (χ4n) is 5.45. The molecule has 0 aromatic heterocycles. The molecule has 0 heterocycles. The number of hydrogen-bond donors (Lipinski definition) is 1. The van der Waals surface area contributed by atoms with Crippen molar-refractivity contribution in [2.75, 3.05) is 62.2 Å². The zero-order valence-electron chi connectivity index (χ0n) is 32.7. The first-order chi connectivity index (χ1) is 28.0. The fourth-order valence-corrected chi connectivity index (χ4v) is 5.45. The van der Waals surface area contributed by atoms with Gasteiger partial charge in [-0.2, -0.15) is 0 Å². The number of carbonyl (C=O) groups excluding carboxylic acids is 4. The van der Waals surface area contributed by atoms with Crippen LogP contribution in [-0.4, -0.2) is 80.7 Å². The number of methoxy groups -OCH3 is 8. The molecule has 0 aliphatic rings. The highest BCUT2D eigenvalue weighted by Gasteiger charge is 2.25. The van der Waals surface area contributed by atoms with Gasteiger partial charge in [0.1, 0.15) is 39.9 Å². The Morgan fingerprint density at radius 2 is 0.862 bits per heavy atom. The van der Waals surface area contributed by atoms with Crippen molar-refractivity contribution in [2.24, 2.45) is 0 Å². The number of anilines is 1. The van der Waals surface area contributed by atoms with Gasteiger partial charge < -0.3 is 57.4 Å². The molecule has 16 heteroatoms. The first kappa shape index (κ1) is 41.5. The molecule has 0 aliphatic carbocycles. The summed E-state index contributed by atoms with van der Waals surface area (Å²) >= 11 is 0. The molecule has 1 N–H and O–H groups in total. The molecule has 0 atom stereocenters. The van der Waals surface area contributed by atoms with Crippen molar-refractivity contribution < 1.29 is 71.3 Å². The van der Waals surface area contributed by atoms with Crippen LogP contribution in [0, 0.1) is 0 Å². The molecule has 58 heavy (non-hydrogen) atoms. The minimum atomic E-state index is -0.793. The van der Waals surface area contributed by atoms with Crippen molar-refractivity contribution in [3.8, 4) is 63.2 Å². The zero-order valence-corrected chi connectivity index (χ0v) is 32.7. The Morgan fingerprint density at radius 1 is 0.379 bits per heavy atom. The van der Waals surface area contributed by atoms with E-state index in [2.05, 4.69) is 5.32 Å². The van der Waals surface area contributed by atoms with Gasteiger partial charge in [-0.15, -0.1) is 0 Å². The van der Waals surface area contributed by atoms with Crippen molar-refractivity contribution in [3.63, 3.8) is 0 Å². The lowest BCUT2D eigenvalue weighted by molar-refractivity contribution is 0.0712. The number of amides is 1. The number of nitrogens with one attached hydrogen (secondary N) is 1. The number of rotatable bonds is 16. The monoisotopic (exact) mass is 797 g/mol. The van der Waals surface area contributed by atoms with Gasteiger partial charge in [-0.25, -0.2) is 14.4 Å². The smallest absolute Gasteiger partial charge is 0.351 e. The average Bonchev–Trinajstić information content (AvgIpc) is 3.25. The van der Waals surface area contributed by atoms with Crippen molar-refractivity contribution in [1.82, 2.24) is 0 Å². The van der Waals surface area contributed by atoms with E-state index in [0.29, 0.717) is 22.9 Å². The van der Waals surface area contributed by atoms with Gasteiger partial charge in [0.05, 0.1) is 62.4 Å². The predicted molar refractivity (Wildman–Crippen MR) is 207 cm³/mol. The number of carbonyl (C=O) groups is 4. The van der Waals surface area contributed by atoms with Gasteiger partial charge in [0.15, 0.2) is 34.5 Å². The van der Waals surface area contributed by atoms with E-state index < -0.39 is 23.8 Å². The third-order valence-electron chi connectivity index (χ3n) is 8.40. The number of ether oxygens (including phenoxy) is 11. The zero-order chi connectivity index (χ0) is 41.9. The van der Waals surface area contributed by atoms with Crippen LogP contribution in [0.1, 0.15) is 41.4 Å². The summed E-state index contributed by atoms with van der Waals surface area (Å²) in [5.74, 6) is -0.774. The van der Waals surface area contributed by atoms with Crippen LogP contribution < -0.4 is 57.4 Å². The highest BCUT2D eigenvalue weighted by Crippen LogP contribution is 2.38. The molecule has 5 rings (SSSR count). The summed E-state index contributed by atoms with van der Waals surface area (Å²) in [6.07, 6.45) is 0. The Balaban J connectivity index is 1.22. The molecule has 5 aromatic rings. The maximum absolute atomic E-state index is 13.2.